The highest BCUT2D eigenvalue weighted by atomic mass is 16.1. The van der Waals surface area contributed by atoms with Gasteiger partial charge in [-0.25, -0.2) is 9.97 Å². The van der Waals surface area contributed by atoms with Crippen molar-refractivity contribution in [3.8, 4) is 0 Å². The normalized spacial score (nSPS) is 11.1. The van der Waals surface area contributed by atoms with Crippen LogP contribution < -0.4 is 10.6 Å². The first-order valence-corrected chi connectivity index (χ1v) is 9.22. The fourth-order valence-corrected chi connectivity index (χ4v) is 2.91. The van der Waals surface area contributed by atoms with E-state index in [1.165, 1.54) is 5.56 Å². The molecule has 0 bridgehead atoms. The summed E-state index contributed by atoms with van der Waals surface area (Å²) in [6.45, 7) is 8.69. The van der Waals surface area contributed by atoms with Crippen molar-refractivity contribution < 1.29 is 4.79 Å². The molecule has 0 unspecified atom stereocenters. The van der Waals surface area contributed by atoms with Gasteiger partial charge in [-0.2, -0.15) is 0 Å². The lowest BCUT2D eigenvalue weighted by Crippen LogP contribution is -2.24. The average molecular weight is 375 g/mol. The third-order valence-electron chi connectivity index (χ3n) is 4.27. The van der Waals surface area contributed by atoms with Gasteiger partial charge < -0.3 is 10.6 Å². The number of aryl methyl sites for hydroxylation is 1. The average Bonchev–Trinajstić information content (AvgIpc) is 2.66. The van der Waals surface area contributed by atoms with Crippen LogP contribution in [0.4, 0.5) is 11.5 Å². The number of nitrogens with one attached hydrogen (secondary N) is 2. The van der Waals surface area contributed by atoms with E-state index in [4.69, 9.17) is 0 Å². The minimum Gasteiger partial charge on any atom is -0.347 e. The van der Waals surface area contributed by atoms with E-state index in [1.807, 2.05) is 30.3 Å². The van der Waals surface area contributed by atoms with Crippen LogP contribution in [-0.2, 0) is 12.0 Å². The van der Waals surface area contributed by atoms with Crippen LogP contribution in [0.25, 0.3) is 0 Å². The molecule has 0 aliphatic rings. The molecule has 144 valence electrons. The molecule has 6 nitrogen and oxygen atoms in total. The maximum atomic E-state index is 12.6. The summed E-state index contributed by atoms with van der Waals surface area (Å²) in [5, 5.41) is 6.23. The molecular formula is C22H25N5O. The summed E-state index contributed by atoms with van der Waals surface area (Å²) in [6.07, 6.45) is 3.40. The number of benzene rings is 1. The number of carbonyl (C=O) groups is 1. The lowest BCUT2D eigenvalue weighted by molar-refractivity contribution is 0.0945. The number of hydrogen-bond donors (Lipinski definition) is 2. The zero-order chi connectivity index (χ0) is 20.1. The molecular weight excluding hydrogens is 350 g/mol. The molecule has 6 heteroatoms. The van der Waals surface area contributed by atoms with Crippen molar-refractivity contribution in [1.82, 2.24) is 20.3 Å². The van der Waals surface area contributed by atoms with Crippen molar-refractivity contribution in [3.05, 3.63) is 77.5 Å². The van der Waals surface area contributed by atoms with Crippen molar-refractivity contribution in [2.75, 3.05) is 5.32 Å². The van der Waals surface area contributed by atoms with Gasteiger partial charge in [-0.3, -0.25) is 9.78 Å². The SMILES string of the molecule is Cc1nc(Nc2ccccc2C(C)(C)C)cc(C(=O)NCc2ccncc2)n1. The van der Waals surface area contributed by atoms with E-state index < -0.39 is 0 Å². The van der Waals surface area contributed by atoms with Crippen molar-refractivity contribution in [3.63, 3.8) is 0 Å². The quantitative estimate of drug-likeness (QED) is 0.700. The molecule has 2 aromatic heterocycles. The number of rotatable bonds is 5. The molecule has 28 heavy (non-hydrogen) atoms. The standard InChI is InChI=1S/C22H25N5O/c1-15-25-19(21(28)24-14-16-9-11-23-12-10-16)13-20(26-15)27-18-8-6-5-7-17(18)22(2,3)4/h5-13H,14H2,1-4H3,(H,24,28)(H,25,26,27). The first kappa shape index (κ1) is 19.5. The number of aromatic nitrogens is 3. The second-order valence-corrected chi connectivity index (χ2v) is 7.64. The zero-order valence-corrected chi connectivity index (χ0v) is 16.7. The molecule has 0 saturated heterocycles. The van der Waals surface area contributed by atoms with Gasteiger partial charge in [-0.05, 0) is 41.7 Å². The number of hydrogen-bond acceptors (Lipinski definition) is 5. The monoisotopic (exact) mass is 375 g/mol. The molecule has 0 fully saturated rings. The van der Waals surface area contributed by atoms with Gasteiger partial charge >= 0.3 is 0 Å². The lowest BCUT2D eigenvalue weighted by Gasteiger charge is -2.23. The zero-order valence-electron chi connectivity index (χ0n) is 16.7. The van der Waals surface area contributed by atoms with Crippen LogP contribution >= 0.6 is 0 Å². The summed E-state index contributed by atoms with van der Waals surface area (Å²) in [5.74, 6) is 0.889. The molecule has 1 aromatic carbocycles. The summed E-state index contributed by atoms with van der Waals surface area (Å²) in [6, 6.07) is 13.5. The summed E-state index contributed by atoms with van der Waals surface area (Å²) < 4.78 is 0. The first-order chi connectivity index (χ1) is 13.3. The smallest absolute Gasteiger partial charge is 0.270 e. The molecule has 2 heterocycles. The number of nitrogens with zero attached hydrogens (tertiary/aromatic N) is 3. The van der Waals surface area contributed by atoms with Gasteiger partial charge in [0.25, 0.3) is 5.91 Å². The largest absolute Gasteiger partial charge is 0.347 e. The van der Waals surface area contributed by atoms with E-state index in [2.05, 4.69) is 52.4 Å². The predicted octanol–water partition coefficient (Wildman–Crippen LogP) is 4.15. The van der Waals surface area contributed by atoms with Crippen molar-refractivity contribution >= 4 is 17.4 Å². The minimum atomic E-state index is -0.241. The third-order valence-corrected chi connectivity index (χ3v) is 4.27. The van der Waals surface area contributed by atoms with Gasteiger partial charge in [-0.1, -0.05) is 39.0 Å². The minimum absolute atomic E-state index is 0.0174. The second-order valence-electron chi connectivity index (χ2n) is 7.64. The van der Waals surface area contributed by atoms with Crippen LogP contribution in [0.3, 0.4) is 0 Å². The van der Waals surface area contributed by atoms with Crippen LogP contribution in [0.2, 0.25) is 0 Å². The highest BCUT2D eigenvalue weighted by molar-refractivity contribution is 5.93. The van der Waals surface area contributed by atoms with Crippen LogP contribution in [0.1, 0.15) is 48.2 Å². The lowest BCUT2D eigenvalue weighted by atomic mass is 9.86. The molecule has 2 N–H and O–H groups in total. The first-order valence-electron chi connectivity index (χ1n) is 9.22. The van der Waals surface area contributed by atoms with Crippen molar-refractivity contribution in [2.24, 2.45) is 0 Å². The maximum absolute atomic E-state index is 12.6. The molecule has 0 atom stereocenters. The molecule has 3 rings (SSSR count). The molecule has 0 radical (unpaired) electrons. The van der Waals surface area contributed by atoms with Crippen LogP contribution in [-0.4, -0.2) is 20.9 Å². The molecule has 0 aliphatic heterocycles. The Labute approximate surface area is 165 Å². The van der Waals surface area contributed by atoms with E-state index in [0.29, 0.717) is 23.9 Å². The fraction of sp³-hybridized carbons (Fsp3) is 0.273. The van der Waals surface area contributed by atoms with Crippen LogP contribution in [0.15, 0.2) is 54.9 Å². The Kier molecular flexibility index (Phi) is 5.68. The summed E-state index contributed by atoms with van der Waals surface area (Å²) in [4.78, 5) is 25.3. The highest BCUT2D eigenvalue weighted by Gasteiger charge is 2.18. The topological polar surface area (TPSA) is 79.8 Å². The van der Waals surface area contributed by atoms with Crippen molar-refractivity contribution in [1.29, 1.82) is 0 Å². The van der Waals surface area contributed by atoms with Gasteiger partial charge in [-0.15, -0.1) is 0 Å². The Balaban J connectivity index is 1.80. The van der Waals surface area contributed by atoms with Crippen LogP contribution in [0.5, 0.6) is 0 Å². The molecule has 0 spiro atoms. The number of anilines is 2. The predicted molar refractivity (Wildman–Crippen MR) is 111 cm³/mol. The highest BCUT2D eigenvalue weighted by Crippen LogP contribution is 2.30. The number of para-hydroxylation sites is 1. The molecule has 0 saturated carbocycles. The van der Waals surface area contributed by atoms with Gasteiger partial charge in [0.05, 0.1) is 0 Å². The van der Waals surface area contributed by atoms with Gasteiger partial charge in [0, 0.05) is 30.7 Å². The van der Waals surface area contributed by atoms with E-state index in [0.717, 1.165) is 11.3 Å². The summed E-state index contributed by atoms with van der Waals surface area (Å²) >= 11 is 0. The fourth-order valence-electron chi connectivity index (χ4n) is 2.91. The third kappa shape index (κ3) is 4.91. The van der Waals surface area contributed by atoms with Gasteiger partial charge in [0.1, 0.15) is 17.3 Å². The van der Waals surface area contributed by atoms with Gasteiger partial charge in [0.15, 0.2) is 0 Å². The number of pyridine rings is 1. The van der Waals surface area contributed by atoms with E-state index in [9.17, 15) is 4.79 Å². The summed E-state index contributed by atoms with van der Waals surface area (Å²) in [5.41, 5.74) is 3.44. The van der Waals surface area contributed by atoms with E-state index in [1.54, 1.807) is 25.4 Å². The second kappa shape index (κ2) is 8.17. The Morgan fingerprint density at radius 2 is 1.75 bits per heavy atom. The van der Waals surface area contributed by atoms with Crippen molar-refractivity contribution in [2.45, 2.75) is 39.7 Å². The molecule has 0 aliphatic carbocycles. The molecule has 3 aromatic rings. The van der Waals surface area contributed by atoms with Crippen LogP contribution in [0, 0.1) is 6.92 Å². The van der Waals surface area contributed by atoms with E-state index >= 15 is 0 Å². The Bertz CT molecular complexity index is 964. The Morgan fingerprint density at radius 3 is 2.46 bits per heavy atom. The Morgan fingerprint density at radius 1 is 1.04 bits per heavy atom. The van der Waals surface area contributed by atoms with E-state index in [-0.39, 0.29) is 11.3 Å². The maximum Gasteiger partial charge on any atom is 0.270 e. The Hall–Kier alpha value is -3.28. The summed E-state index contributed by atoms with van der Waals surface area (Å²) in [7, 11) is 0. The van der Waals surface area contributed by atoms with Gasteiger partial charge in [0.2, 0.25) is 0 Å². The number of carbonyl (C=O) groups excluding carboxylic acids is 1. The molecule has 1 amide bonds. The number of amides is 1.